The van der Waals surface area contributed by atoms with E-state index in [2.05, 4.69) is 32.7 Å². The fraction of sp³-hybridized carbons (Fsp3) is 0.938. The number of hydrogen-bond donors (Lipinski definition) is 0. The monoisotopic (exact) mass is 267 g/mol. The van der Waals surface area contributed by atoms with Gasteiger partial charge in [-0.25, -0.2) is 0 Å². The number of likely N-dealkylation sites (N-methyl/N-ethyl adjacent to an activating group) is 1. The molecular weight excluding hydrogens is 238 g/mol. The third-order valence-corrected chi connectivity index (χ3v) is 5.16. The second-order valence-electron chi connectivity index (χ2n) is 6.81. The van der Waals surface area contributed by atoms with Crippen molar-refractivity contribution in [3.8, 4) is 0 Å². The zero-order valence-corrected chi connectivity index (χ0v) is 12.9. The molecule has 1 aliphatic heterocycles. The van der Waals surface area contributed by atoms with Gasteiger partial charge in [0, 0.05) is 31.5 Å². The molecule has 1 heterocycles. The quantitative estimate of drug-likeness (QED) is 0.784. The Kier molecular flexibility index (Phi) is 5.02. The van der Waals surface area contributed by atoms with Gasteiger partial charge >= 0.3 is 0 Å². The Labute approximate surface area is 117 Å². The molecule has 0 bridgehead atoms. The molecule has 0 N–H and O–H groups in total. The molecule has 4 atom stereocenters. The van der Waals surface area contributed by atoms with Crippen LogP contribution in [-0.4, -0.2) is 43.0 Å². The fourth-order valence-electron chi connectivity index (χ4n) is 3.71. The first kappa shape index (κ1) is 15.0. The zero-order valence-electron chi connectivity index (χ0n) is 12.9. The minimum Gasteiger partial charge on any atom is -0.377 e. The lowest BCUT2D eigenvalue weighted by molar-refractivity contribution is -0.126. The Morgan fingerprint density at radius 1 is 1.37 bits per heavy atom. The van der Waals surface area contributed by atoms with Gasteiger partial charge in [0.15, 0.2) is 0 Å². The summed E-state index contributed by atoms with van der Waals surface area (Å²) >= 11 is 0. The molecule has 1 saturated carbocycles. The predicted molar refractivity (Wildman–Crippen MR) is 77.1 cm³/mol. The number of carbonyl (C=O) groups excluding carboxylic acids is 1. The molecule has 0 spiro atoms. The van der Waals surface area contributed by atoms with Crippen molar-refractivity contribution < 1.29 is 9.53 Å². The SMILES string of the molecule is CC(C)C1CCC(=O)C(CN(C)C2CCOC2C)C1. The second kappa shape index (κ2) is 6.36. The molecule has 3 nitrogen and oxygen atoms in total. The molecule has 0 amide bonds. The van der Waals surface area contributed by atoms with Crippen LogP contribution >= 0.6 is 0 Å². The van der Waals surface area contributed by atoms with Gasteiger partial charge in [0.05, 0.1) is 6.10 Å². The molecule has 0 radical (unpaired) electrons. The van der Waals surface area contributed by atoms with Gasteiger partial charge in [0.2, 0.25) is 0 Å². The van der Waals surface area contributed by atoms with Crippen LogP contribution in [0.25, 0.3) is 0 Å². The normalized spacial score (nSPS) is 36.4. The number of rotatable bonds is 4. The summed E-state index contributed by atoms with van der Waals surface area (Å²) in [7, 11) is 2.15. The van der Waals surface area contributed by atoms with Crippen molar-refractivity contribution in [2.75, 3.05) is 20.2 Å². The molecule has 2 aliphatic rings. The summed E-state index contributed by atoms with van der Waals surface area (Å²) in [6.45, 7) is 8.50. The van der Waals surface area contributed by atoms with Gasteiger partial charge in [-0.1, -0.05) is 13.8 Å². The number of ether oxygens (including phenoxy) is 1. The lowest BCUT2D eigenvalue weighted by Gasteiger charge is -2.35. The Bertz CT molecular complexity index is 316. The summed E-state index contributed by atoms with van der Waals surface area (Å²) in [5, 5.41) is 0. The third-order valence-electron chi connectivity index (χ3n) is 5.16. The predicted octanol–water partition coefficient (Wildman–Crippen LogP) is 2.74. The topological polar surface area (TPSA) is 29.5 Å². The first-order chi connectivity index (χ1) is 8.99. The van der Waals surface area contributed by atoms with Crippen molar-refractivity contribution in [1.29, 1.82) is 0 Å². The van der Waals surface area contributed by atoms with E-state index in [1.165, 1.54) is 0 Å². The molecule has 0 aromatic rings. The van der Waals surface area contributed by atoms with Crippen molar-refractivity contribution in [2.24, 2.45) is 17.8 Å². The first-order valence-electron chi connectivity index (χ1n) is 7.83. The van der Waals surface area contributed by atoms with Crippen molar-refractivity contribution >= 4 is 5.78 Å². The largest absolute Gasteiger partial charge is 0.377 e. The summed E-state index contributed by atoms with van der Waals surface area (Å²) in [5.41, 5.74) is 0. The standard InChI is InChI=1S/C16H29NO2/c1-11(2)13-5-6-16(18)14(9-13)10-17(4)15-7-8-19-12(15)3/h11-15H,5-10H2,1-4H3. The number of carbonyl (C=O) groups is 1. The third kappa shape index (κ3) is 3.57. The van der Waals surface area contributed by atoms with Crippen LogP contribution in [0.2, 0.25) is 0 Å². The average Bonchev–Trinajstić information content (AvgIpc) is 2.78. The van der Waals surface area contributed by atoms with Gasteiger partial charge < -0.3 is 9.64 Å². The number of nitrogens with zero attached hydrogens (tertiary/aromatic N) is 1. The fourth-order valence-corrected chi connectivity index (χ4v) is 3.71. The Morgan fingerprint density at radius 2 is 2.11 bits per heavy atom. The first-order valence-corrected chi connectivity index (χ1v) is 7.83. The molecular formula is C16H29NO2. The maximum atomic E-state index is 12.1. The summed E-state index contributed by atoms with van der Waals surface area (Å²) in [6, 6.07) is 0.493. The van der Waals surface area contributed by atoms with E-state index in [0.29, 0.717) is 23.8 Å². The summed E-state index contributed by atoms with van der Waals surface area (Å²) < 4.78 is 5.64. The van der Waals surface area contributed by atoms with Crippen LogP contribution in [0.5, 0.6) is 0 Å². The van der Waals surface area contributed by atoms with E-state index in [1.54, 1.807) is 0 Å². The van der Waals surface area contributed by atoms with Gasteiger partial charge in [-0.05, 0) is 45.1 Å². The van der Waals surface area contributed by atoms with Crippen molar-refractivity contribution in [1.82, 2.24) is 4.90 Å². The van der Waals surface area contributed by atoms with Crippen LogP contribution in [0.15, 0.2) is 0 Å². The Morgan fingerprint density at radius 3 is 2.68 bits per heavy atom. The van der Waals surface area contributed by atoms with Gasteiger partial charge in [-0.3, -0.25) is 4.79 Å². The van der Waals surface area contributed by atoms with Gasteiger partial charge in [-0.2, -0.15) is 0 Å². The van der Waals surface area contributed by atoms with Crippen LogP contribution in [0, 0.1) is 17.8 Å². The second-order valence-corrected chi connectivity index (χ2v) is 6.81. The van der Waals surface area contributed by atoms with E-state index >= 15 is 0 Å². The van der Waals surface area contributed by atoms with Gasteiger partial charge in [-0.15, -0.1) is 0 Å². The molecule has 3 heteroatoms. The van der Waals surface area contributed by atoms with Crippen LogP contribution < -0.4 is 0 Å². The maximum absolute atomic E-state index is 12.1. The van der Waals surface area contributed by atoms with Crippen LogP contribution in [0.1, 0.15) is 46.5 Å². The number of ketones is 1. The van der Waals surface area contributed by atoms with Gasteiger partial charge in [0.25, 0.3) is 0 Å². The molecule has 2 rings (SSSR count). The lowest BCUT2D eigenvalue weighted by atomic mass is 9.75. The average molecular weight is 267 g/mol. The lowest BCUT2D eigenvalue weighted by Crippen LogP contribution is -2.43. The molecule has 110 valence electrons. The van der Waals surface area contributed by atoms with Gasteiger partial charge in [0.1, 0.15) is 5.78 Å². The molecule has 1 aliphatic carbocycles. The highest BCUT2D eigenvalue weighted by atomic mass is 16.5. The van der Waals surface area contributed by atoms with Crippen molar-refractivity contribution in [3.63, 3.8) is 0 Å². The summed E-state index contributed by atoms with van der Waals surface area (Å²) in [5.74, 6) is 2.16. The molecule has 4 unspecified atom stereocenters. The van der Waals surface area contributed by atoms with E-state index in [-0.39, 0.29) is 5.92 Å². The smallest absolute Gasteiger partial charge is 0.137 e. The molecule has 2 fully saturated rings. The highest BCUT2D eigenvalue weighted by molar-refractivity contribution is 5.82. The summed E-state index contributed by atoms with van der Waals surface area (Å²) in [4.78, 5) is 14.5. The van der Waals surface area contributed by atoms with E-state index < -0.39 is 0 Å². The molecule has 19 heavy (non-hydrogen) atoms. The number of hydrogen-bond acceptors (Lipinski definition) is 3. The van der Waals surface area contributed by atoms with E-state index in [4.69, 9.17) is 4.74 Å². The highest BCUT2D eigenvalue weighted by Crippen LogP contribution is 2.32. The van der Waals surface area contributed by atoms with Crippen LogP contribution in [0.4, 0.5) is 0 Å². The molecule has 1 saturated heterocycles. The van der Waals surface area contributed by atoms with E-state index in [1.807, 2.05) is 0 Å². The van der Waals surface area contributed by atoms with Crippen LogP contribution in [-0.2, 0) is 9.53 Å². The van der Waals surface area contributed by atoms with E-state index in [9.17, 15) is 4.79 Å². The zero-order chi connectivity index (χ0) is 14.0. The highest BCUT2D eigenvalue weighted by Gasteiger charge is 2.34. The Hall–Kier alpha value is -0.410. The molecule has 0 aromatic carbocycles. The van der Waals surface area contributed by atoms with Crippen molar-refractivity contribution in [2.45, 2.75) is 58.6 Å². The van der Waals surface area contributed by atoms with Crippen molar-refractivity contribution in [3.05, 3.63) is 0 Å². The minimum absolute atomic E-state index is 0.249. The maximum Gasteiger partial charge on any atom is 0.137 e. The van der Waals surface area contributed by atoms with E-state index in [0.717, 1.165) is 44.8 Å². The number of Topliss-reactive ketones (excluding diaryl/α,β-unsaturated/α-hetero) is 1. The molecule has 0 aromatic heterocycles. The Balaban J connectivity index is 1.91. The summed E-state index contributed by atoms with van der Waals surface area (Å²) in [6.07, 6.45) is 4.39. The van der Waals surface area contributed by atoms with Crippen LogP contribution in [0.3, 0.4) is 0 Å². The minimum atomic E-state index is 0.249.